The molecule has 1 N–H and O–H groups in total. The Hall–Kier alpha value is -2.37. The van der Waals surface area contributed by atoms with Gasteiger partial charge in [0.05, 0.1) is 0 Å². The number of allylic oxidation sites excluding steroid dienone is 2. The highest BCUT2D eigenvalue weighted by Crippen LogP contribution is 2.19. The van der Waals surface area contributed by atoms with Crippen LogP contribution < -0.4 is 10.4 Å². The summed E-state index contributed by atoms with van der Waals surface area (Å²) in [5.74, 6) is 0.645. The summed E-state index contributed by atoms with van der Waals surface area (Å²) in [6.07, 6.45) is 6.45. The van der Waals surface area contributed by atoms with Crippen LogP contribution in [0.25, 0.3) is 11.0 Å². The molecule has 0 fully saturated rings. The highest BCUT2D eigenvalue weighted by Gasteiger charge is 2.12. The normalized spacial score (nSPS) is 12.9. The summed E-state index contributed by atoms with van der Waals surface area (Å²) in [6.45, 7) is 5.95. The molecule has 128 valence electrons. The second-order valence-corrected chi connectivity index (χ2v) is 6.12. The fraction of sp³-hybridized carbons (Fsp3) is 0.316. The van der Waals surface area contributed by atoms with Crippen LogP contribution in [0, 0.1) is 0 Å². The molecule has 1 aromatic heterocycles. The van der Waals surface area contributed by atoms with Crippen molar-refractivity contribution in [3.05, 3.63) is 64.6 Å². The van der Waals surface area contributed by atoms with Crippen LogP contribution in [0.2, 0.25) is 0 Å². The molecule has 5 nitrogen and oxygen atoms in total. The van der Waals surface area contributed by atoms with Crippen LogP contribution in [0.1, 0.15) is 27.2 Å². The van der Waals surface area contributed by atoms with Crippen LogP contribution in [0.4, 0.5) is 0 Å². The highest BCUT2D eigenvalue weighted by atomic mass is 17.1. The van der Waals surface area contributed by atoms with Crippen LogP contribution >= 0.6 is 0 Å². The van der Waals surface area contributed by atoms with Crippen molar-refractivity contribution in [3.63, 3.8) is 0 Å². The molecule has 0 aliphatic carbocycles. The van der Waals surface area contributed by atoms with Gasteiger partial charge < -0.3 is 9.15 Å². The van der Waals surface area contributed by atoms with Gasteiger partial charge in [-0.05, 0) is 51.5 Å². The van der Waals surface area contributed by atoms with Crippen molar-refractivity contribution in [1.29, 1.82) is 0 Å². The van der Waals surface area contributed by atoms with Gasteiger partial charge in [-0.15, -0.1) is 0 Å². The quantitative estimate of drug-likeness (QED) is 0.354. The number of rotatable bonds is 7. The minimum absolute atomic E-state index is 0.378. The average Bonchev–Trinajstić information content (AvgIpc) is 2.54. The molecule has 0 aliphatic heterocycles. The van der Waals surface area contributed by atoms with Crippen molar-refractivity contribution in [2.24, 2.45) is 0 Å². The second-order valence-electron chi connectivity index (χ2n) is 6.12. The first-order valence-corrected chi connectivity index (χ1v) is 7.72. The van der Waals surface area contributed by atoms with Crippen molar-refractivity contribution < 1.29 is 19.3 Å². The first-order chi connectivity index (χ1) is 11.4. The number of hydrogen-bond acceptors (Lipinski definition) is 5. The van der Waals surface area contributed by atoms with E-state index in [1.165, 1.54) is 6.07 Å². The molecule has 1 heterocycles. The predicted octanol–water partition coefficient (Wildman–Crippen LogP) is 4.33. The second kappa shape index (κ2) is 7.95. The number of benzene rings is 1. The molecule has 0 spiro atoms. The third kappa shape index (κ3) is 5.37. The van der Waals surface area contributed by atoms with Crippen molar-refractivity contribution in [2.45, 2.75) is 32.8 Å². The van der Waals surface area contributed by atoms with E-state index < -0.39 is 5.60 Å². The molecule has 0 radical (unpaired) electrons. The smallest absolute Gasteiger partial charge is 0.336 e. The summed E-state index contributed by atoms with van der Waals surface area (Å²) in [4.78, 5) is 15.6. The lowest BCUT2D eigenvalue weighted by Crippen LogP contribution is -2.18. The van der Waals surface area contributed by atoms with E-state index in [2.05, 4.69) is 4.89 Å². The molecule has 0 unspecified atom stereocenters. The average molecular weight is 330 g/mol. The third-order valence-electron chi connectivity index (χ3n) is 3.47. The van der Waals surface area contributed by atoms with E-state index in [1.807, 2.05) is 31.2 Å². The van der Waals surface area contributed by atoms with Crippen LogP contribution in [0.15, 0.2) is 63.3 Å². The van der Waals surface area contributed by atoms with E-state index in [0.717, 1.165) is 17.4 Å². The molecule has 24 heavy (non-hydrogen) atoms. The molecule has 0 saturated heterocycles. The van der Waals surface area contributed by atoms with Crippen molar-refractivity contribution in [3.8, 4) is 5.75 Å². The van der Waals surface area contributed by atoms with Gasteiger partial charge in [0, 0.05) is 17.5 Å². The van der Waals surface area contributed by atoms with Gasteiger partial charge in [-0.3, -0.25) is 5.26 Å². The van der Waals surface area contributed by atoms with Gasteiger partial charge in [-0.2, -0.15) is 0 Å². The minimum Gasteiger partial charge on any atom is -0.489 e. The topological polar surface area (TPSA) is 68.9 Å². The largest absolute Gasteiger partial charge is 0.489 e. The Labute approximate surface area is 140 Å². The molecule has 5 heteroatoms. The van der Waals surface area contributed by atoms with Crippen LogP contribution in [-0.2, 0) is 4.89 Å². The van der Waals surface area contributed by atoms with Gasteiger partial charge >= 0.3 is 5.63 Å². The summed E-state index contributed by atoms with van der Waals surface area (Å²) in [5.41, 5.74) is 0.574. The van der Waals surface area contributed by atoms with Crippen molar-refractivity contribution in [2.75, 3.05) is 6.61 Å². The molecule has 0 amide bonds. The lowest BCUT2D eigenvalue weighted by atomic mass is 10.1. The fourth-order valence-corrected chi connectivity index (χ4v) is 2.05. The van der Waals surface area contributed by atoms with Crippen molar-refractivity contribution in [1.82, 2.24) is 0 Å². The van der Waals surface area contributed by atoms with Gasteiger partial charge in [-0.1, -0.05) is 17.7 Å². The van der Waals surface area contributed by atoms with E-state index in [9.17, 15) is 4.79 Å². The van der Waals surface area contributed by atoms with E-state index in [4.69, 9.17) is 14.4 Å². The van der Waals surface area contributed by atoms with Crippen LogP contribution in [0.3, 0.4) is 0 Å². The molecule has 2 aromatic rings. The van der Waals surface area contributed by atoms with Gasteiger partial charge in [0.25, 0.3) is 0 Å². The van der Waals surface area contributed by atoms with E-state index in [0.29, 0.717) is 17.9 Å². The molecule has 0 atom stereocenters. The lowest BCUT2D eigenvalue weighted by molar-refractivity contribution is -0.297. The molecule has 2 rings (SSSR count). The maximum atomic E-state index is 11.2. The Morgan fingerprint density at radius 2 is 2.04 bits per heavy atom. The predicted molar refractivity (Wildman–Crippen MR) is 93.3 cm³/mol. The zero-order valence-corrected chi connectivity index (χ0v) is 14.1. The van der Waals surface area contributed by atoms with Crippen LogP contribution in [-0.4, -0.2) is 17.5 Å². The maximum Gasteiger partial charge on any atom is 0.336 e. The number of fused-ring (bicyclic) bond motifs is 1. The Morgan fingerprint density at radius 3 is 2.79 bits per heavy atom. The van der Waals surface area contributed by atoms with Crippen LogP contribution in [0.5, 0.6) is 5.75 Å². The highest BCUT2D eigenvalue weighted by molar-refractivity contribution is 5.77. The standard InChI is InChI=1S/C19H22O5/c1-14(5-4-11-19(2,3)24-21)10-12-22-16-8-6-15-7-9-18(20)23-17(15)13-16/h4,6-11,13,21H,5,12H2,1-3H3/b11-4+,14-10+. The fourth-order valence-electron chi connectivity index (χ4n) is 2.05. The van der Waals surface area contributed by atoms with E-state index in [1.54, 1.807) is 32.1 Å². The molecule has 0 bridgehead atoms. The first kappa shape index (κ1) is 18.0. The Balaban J connectivity index is 1.92. The van der Waals surface area contributed by atoms with Gasteiger partial charge in [0.2, 0.25) is 0 Å². The number of ether oxygens (including phenoxy) is 1. The third-order valence-corrected chi connectivity index (χ3v) is 3.47. The Morgan fingerprint density at radius 1 is 1.29 bits per heavy atom. The van der Waals surface area contributed by atoms with Gasteiger partial charge in [-0.25, -0.2) is 9.68 Å². The lowest BCUT2D eigenvalue weighted by Gasteiger charge is -2.14. The monoisotopic (exact) mass is 330 g/mol. The molecular formula is C19H22O5. The maximum absolute atomic E-state index is 11.2. The zero-order chi connectivity index (χ0) is 17.6. The SMILES string of the molecule is C/C(=C\COc1ccc2ccc(=O)oc2c1)C/C=C/C(C)(C)OO. The van der Waals surface area contributed by atoms with Gasteiger partial charge in [0.15, 0.2) is 0 Å². The Kier molecular flexibility index (Phi) is 5.95. The van der Waals surface area contributed by atoms with E-state index >= 15 is 0 Å². The number of hydrogen-bond donors (Lipinski definition) is 1. The molecule has 1 aromatic carbocycles. The van der Waals surface area contributed by atoms with Gasteiger partial charge in [0.1, 0.15) is 23.5 Å². The minimum atomic E-state index is -0.689. The summed E-state index contributed by atoms with van der Waals surface area (Å²) in [6, 6.07) is 8.52. The zero-order valence-electron chi connectivity index (χ0n) is 14.1. The summed E-state index contributed by atoms with van der Waals surface area (Å²) in [7, 11) is 0. The molecule has 0 aliphatic rings. The summed E-state index contributed by atoms with van der Waals surface area (Å²) >= 11 is 0. The first-order valence-electron chi connectivity index (χ1n) is 7.72. The Bertz CT molecular complexity index is 799. The molecular weight excluding hydrogens is 308 g/mol. The molecule has 0 saturated carbocycles. The van der Waals surface area contributed by atoms with E-state index in [-0.39, 0.29) is 5.63 Å². The summed E-state index contributed by atoms with van der Waals surface area (Å²) < 4.78 is 10.8. The summed E-state index contributed by atoms with van der Waals surface area (Å²) in [5, 5.41) is 9.56. The van der Waals surface area contributed by atoms with Crippen molar-refractivity contribution >= 4 is 11.0 Å².